The van der Waals surface area contributed by atoms with Crippen LogP contribution in [0.15, 0.2) is 47.4 Å². The number of nitrogens with one attached hydrogen (secondary N) is 2. The standard InChI is InChI=1S/C25H31N7O3S/c1-15(33)30-22-10-17(5-7-27-22)35-18-9-19-23(29-13-18)32-24(36-19)31-21(26)11-20(25(2,3)4)28-12-16-6-8-34-14-16/h5,7,9-11,13,16,28H,6,8,12,14H2,1-4H3,(H,27,30,33)(H2,26,29,31,32)/b20-11-. The number of pyridine rings is 2. The summed E-state index contributed by atoms with van der Waals surface area (Å²) in [5.41, 5.74) is 7.74. The number of nitrogens with two attached hydrogens (primary N) is 1. The molecule has 1 atom stereocenters. The maximum Gasteiger partial charge on any atom is 0.222 e. The number of aliphatic imine (C=N–C) groups is 1. The van der Waals surface area contributed by atoms with Gasteiger partial charge in [0.15, 0.2) is 5.65 Å². The van der Waals surface area contributed by atoms with Crippen LogP contribution in [0.2, 0.25) is 0 Å². The van der Waals surface area contributed by atoms with E-state index < -0.39 is 0 Å². The fourth-order valence-corrected chi connectivity index (χ4v) is 4.42. The van der Waals surface area contributed by atoms with E-state index in [9.17, 15) is 4.79 Å². The van der Waals surface area contributed by atoms with Crippen molar-refractivity contribution in [3.05, 3.63) is 42.4 Å². The van der Waals surface area contributed by atoms with Crippen LogP contribution in [0.3, 0.4) is 0 Å². The molecule has 4 heterocycles. The summed E-state index contributed by atoms with van der Waals surface area (Å²) in [6.45, 7) is 10.3. The molecule has 0 spiro atoms. The van der Waals surface area contributed by atoms with Crippen molar-refractivity contribution >= 4 is 44.4 Å². The van der Waals surface area contributed by atoms with Crippen LogP contribution in [-0.2, 0) is 9.53 Å². The average molecular weight is 510 g/mol. The summed E-state index contributed by atoms with van der Waals surface area (Å²) in [6, 6.07) is 5.18. The molecule has 10 nitrogen and oxygen atoms in total. The molecule has 1 aliphatic heterocycles. The molecule has 1 unspecified atom stereocenters. The van der Waals surface area contributed by atoms with Gasteiger partial charge in [-0.05, 0) is 18.6 Å². The number of aromatic nitrogens is 3. The van der Waals surface area contributed by atoms with Crippen molar-refractivity contribution < 1.29 is 14.3 Å². The second kappa shape index (κ2) is 11.0. The van der Waals surface area contributed by atoms with Crippen LogP contribution in [0.4, 0.5) is 10.9 Å². The van der Waals surface area contributed by atoms with Crippen molar-refractivity contribution in [2.45, 2.75) is 34.1 Å². The number of hydrogen-bond donors (Lipinski definition) is 3. The molecule has 4 N–H and O–H groups in total. The van der Waals surface area contributed by atoms with Crippen molar-refractivity contribution in [3.8, 4) is 11.5 Å². The van der Waals surface area contributed by atoms with E-state index in [1.54, 1.807) is 24.5 Å². The first kappa shape index (κ1) is 25.5. The van der Waals surface area contributed by atoms with Gasteiger partial charge < -0.3 is 25.8 Å². The molecular formula is C25H31N7O3S. The van der Waals surface area contributed by atoms with Crippen LogP contribution in [0, 0.1) is 11.3 Å². The Kier molecular flexibility index (Phi) is 7.80. The third-order valence-electron chi connectivity index (χ3n) is 5.41. The summed E-state index contributed by atoms with van der Waals surface area (Å²) in [5.74, 6) is 2.14. The van der Waals surface area contributed by atoms with Crippen LogP contribution in [-0.4, -0.2) is 46.5 Å². The molecule has 4 rings (SSSR count). The Labute approximate surface area is 214 Å². The van der Waals surface area contributed by atoms with Crippen molar-refractivity contribution in [1.82, 2.24) is 20.3 Å². The van der Waals surface area contributed by atoms with Gasteiger partial charge in [0.25, 0.3) is 0 Å². The zero-order valence-corrected chi connectivity index (χ0v) is 21.7. The van der Waals surface area contributed by atoms with Gasteiger partial charge in [0.1, 0.15) is 23.2 Å². The van der Waals surface area contributed by atoms with Crippen LogP contribution >= 0.6 is 11.3 Å². The molecule has 1 fully saturated rings. The Morgan fingerprint density at radius 3 is 2.89 bits per heavy atom. The number of fused-ring (bicyclic) bond motifs is 1. The van der Waals surface area contributed by atoms with Crippen molar-refractivity contribution in [1.29, 1.82) is 0 Å². The molecule has 190 valence electrons. The fourth-order valence-electron chi connectivity index (χ4n) is 3.58. The number of amidine groups is 1. The minimum atomic E-state index is -0.205. The number of allylic oxidation sites excluding steroid dienone is 1. The molecular weight excluding hydrogens is 478 g/mol. The van der Waals surface area contributed by atoms with Crippen molar-refractivity contribution in [2.24, 2.45) is 22.1 Å². The van der Waals surface area contributed by atoms with Crippen LogP contribution in [0.5, 0.6) is 11.5 Å². The van der Waals surface area contributed by atoms with E-state index in [4.69, 9.17) is 15.2 Å². The Balaban J connectivity index is 1.49. The number of nitrogens with zero attached hydrogens (tertiary/aromatic N) is 4. The Morgan fingerprint density at radius 1 is 1.33 bits per heavy atom. The highest BCUT2D eigenvalue weighted by molar-refractivity contribution is 7.21. The molecule has 0 saturated carbocycles. The third-order valence-corrected chi connectivity index (χ3v) is 6.30. The first-order chi connectivity index (χ1) is 17.2. The average Bonchev–Trinajstić information content (AvgIpc) is 3.44. The lowest BCUT2D eigenvalue weighted by Gasteiger charge is -2.25. The molecule has 3 aromatic heterocycles. The highest BCUT2D eigenvalue weighted by Gasteiger charge is 2.21. The van der Waals surface area contributed by atoms with Gasteiger partial charge in [-0.2, -0.15) is 4.98 Å². The summed E-state index contributed by atoms with van der Waals surface area (Å²) in [5, 5.41) is 6.68. The lowest BCUT2D eigenvalue weighted by atomic mass is 9.91. The number of carbonyl (C=O) groups excluding carboxylic acids is 1. The topological polar surface area (TPSA) is 137 Å². The first-order valence-corrected chi connectivity index (χ1v) is 12.5. The summed E-state index contributed by atoms with van der Waals surface area (Å²) < 4.78 is 12.2. The highest BCUT2D eigenvalue weighted by Crippen LogP contribution is 2.32. The monoisotopic (exact) mass is 509 g/mol. The van der Waals surface area contributed by atoms with Crippen molar-refractivity contribution in [2.75, 3.05) is 25.1 Å². The second-order valence-corrected chi connectivity index (χ2v) is 10.6. The van der Waals surface area contributed by atoms with Crippen molar-refractivity contribution in [3.63, 3.8) is 0 Å². The fraction of sp³-hybridized carbons (Fsp3) is 0.400. The number of ether oxygens (including phenoxy) is 2. The maximum atomic E-state index is 11.3. The van der Waals surface area contributed by atoms with Crippen LogP contribution < -0.4 is 21.1 Å². The molecule has 3 aromatic rings. The normalized spacial score (nSPS) is 16.8. The van der Waals surface area contributed by atoms with E-state index in [1.807, 2.05) is 12.1 Å². The number of amides is 1. The number of thiazole rings is 1. The van der Waals surface area contributed by atoms with Crippen LogP contribution in [0.1, 0.15) is 34.1 Å². The molecule has 0 radical (unpaired) electrons. The smallest absolute Gasteiger partial charge is 0.222 e. The minimum absolute atomic E-state index is 0.117. The lowest BCUT2D eigenvalue weighted by molar-refractivity contribution is -0.114. The van der Waals surface area contributed by atoms with Gasteiger partial charge in [-0.3, -0.25) is 4.79 Å². The molecule has 0 bridgehead atoms. The maximum absolute atomic E-state index is 11.3. The van der Waals surface area contributed by atoms with Gasteiger partial charge in [-0.15, -0.1) is 0 Å². The number of hydrogen-bond acceptors (Lipinski definition) is 9. The third kappa shape index (κ3) is 6.98. The molecule has 1 saturated heterocycles. The zero-order valence-electron chi connectivity index (χ0n) is 20.9. The predicted molar refractivity (Wildman–Crippen MR) is 142 cm³/mol. The Morgan fingerprint density at radius 2 is 2.17 bits per heavy atom. The zero-order chi connectivity index (χ0) is 25.7. The molecule has 36 heavy (non-hydrogen) atoms. The summed E-state index contributed by atoms with van der Waals surface area (Å²) in [7, 11) is 0. The number of anilines is 1. The lowest BCUT2D eigenvalue weighted by Crippen LogP contribution is -2.30. The van der Waals surface area contributed by atoms with Gasteiger partial charge in [-0.25, -0.2) is 15.0 Å². The van der Waals surface area contributed by atoms with E-state index in [1.165, 1.54) is 18.3 Å². The van der Waals surface area contributed by atoms with E-state index in [-0.39, 0.29) is 11.3 Å². The van der Waals surface area contributed by atoms with Crippen LogP contribution in [0.25, 0.3) is 10.3 Å². The van der Waals surface area contributed by atoms with Gasteiger partial charge in [0.05, 0.1) is 17.5 Å². The summed E-state index contributed by atoms with van der Waals surface area (Å²) in [4.78, 5) is 28.7. The van der Waals surface area contributed by atoms with E-state index in [0.717, 1.165) is 36.6 Å². The van der Waals surface area contributed by atoms with E-state index in [0.29, 0.717) is 39.8 Å². The highest BCUT2D eigenvalue weighted by atomic mass is 32.1. The largest absolute Gasteiger partial charge is 0.455 e. The quantitative estimate of drug-likeness (QED) is 0.301. The van der Waals surface area contributed by atoms with E-state index >= 15 is 0 Å². The first-order valence-electron chi connectivity index (χ1n) is 11.7. The molecule has 0 aliphatic carbocycles. The second-order valence-electron chi connectivity index (χ2n) is 9.60. The van der Waals surface area contributed by atoms with Gasteiger partial charge in [0.2, 0.25) is 11.0 Å². The van der Waals surface area contributed by atoms with Gasteiger partial charge >= 0.3 is 0 Å². The van der Waals surface area contributed by atoms with Gasteiger partial charge in [0, 0.05) is 55.4 Å². The predicted octanol–water partition coefficient (Wildman–Crippen LogP) is 4.38. The summed E-state index contributed by atoms with van der Waals surface area (Å²) >= 11 is 1.37. The molecule has 1 aliphatic rings. The summed E-state index contributed by atoms with van der Waals surface area (Å²) in [6.07, 6.45) is 6.09. The Bertz CT molecular complexity index is 1290. The number of carbonyl (C=O) groups is 1. The minimum Gasteiger partial charge on any atom is -0.455 e. The molecule has 1 amide bonds. The van der Waals surface area contributed by atoms with E-state index in [2.05, 4.69) is 51.3 Å². The Hall–Kier alpha value is -3.57. The molecule has 0 aromatic carbocycles. The SMILES string of the molecule is CC(=O)Nc1cc(Oc2cnc3nc(N=C(N)/C=C(\NCC4CCOC4)C(C)(C)C)sc3c2)ccn1. The molecule has 11 heteroatoms. The number of rotatable bonds is 8. The van der Waals surface area contributed by atoms with Gasteiger partial charge in [-0.1, -0.05) is 32.1 Å².